The Morgan fingerprint density at radius 1 is 1.02 bits per heavy atom. The molecule has 11 nitrogen and oxygen atoms in total. The molecule has 0 radical (unpaired) electrons. The molecule has 0 saturated carbocycles. The number of allylic oxidation sites excluding steroid dienone is 1. The fourth-order valence-electron chi connectivity index (χ4n) is 7.63. The van der Waals surface area contributed by atoms with E-state index in [1.165, 1.54) is 12.0 Å². The van der Waals surface area contributed by atoms with Gasteiger partial charge in [-0.25, -0.2) is 0 Å². The lowest BCUT2D eigenvalue weighted by Crippen LogP contribution is -2.57. The first-order valence-corrected chi connectivity index (χ1v) is 16.6. The number of fused-ring (bicyclic) bond motifs is 2. The molecular weight excluding hydrogens is 614 g/mol. The minimum atomic E-state index is -1.50. The molecule has 3 amide bonds. The predicted molar refractivity (Wildman–Crippen MR) is 175 cm³/mol. The average molecular weight is 658 g/mol. The van der Waals surface area contributed by atoms with Gasteiger partial charge in [-0.15, -0.1) is 0 Å². The summed E-state index contributed by atoms with van der Waals surface area (Å²) >= 11 is 0. The molecule has 1 spiro atoms. The maximum atomic E-state index is 14.7. The van der Waals surface area contributed by atoms with E-state index in [1.54, 1.807) is 23.1 Å². The van der Waals surface area contributed by atoms with E-state index in [1.807, 2.05) is 73.7 Å². The van der Waals surface area contributed by atoms with Gasteiger partial charge in [0.2, 0.25) is 17.7 Å². The van der Waals surface area contributed by atoms with E-state index in [0.717, 1.165) is 5.56 Å². The van der Waals surface area contributed by atoms with Crippen molar-refractivity contribution in [2.75, 3.05) is 26.9 Å². The average Bonchev–Trinajstić information content (AvgIpc) is 3.49. The second kappa shape index (κ2) is 14.4. The normalized spacial score (nSPS) is 31.8. The maximum Gasteiger partial charge on any atom is 0.313 e. The zero-order valence-corrected chi connectivity index (χ0v) is 27.3. The highest BCUT2D eigenvalue weighted by molar-refractivity contribution is 5.99. The molecule has 2 N–H and O–H groups in total. The number of aliphatic hydroxyl groups is 1. The smallest absolute Gasteiger partial charge is 0.313 e. The maximum absolute atomic E-state index is 14.7. The number of methoxy groups -OCH3 is 1. The number of benzene rings is 2. The van der Waals surface area contributed by atoms with Crippen molar-refractivity contribution in [2.45, 2.75) is 68.7 Å². The van der Waals surface area contributed by atoms with Gasteiger partial charge in [-0.2, -0.15) is 0 Å². The Balaban J connectivity index is 1.44. The number of cyclic esters (lactones) is 1. The van der Waals surface area contributed by atoms with Crippen LogP contribution in [-0.2, 0) is 39.9 Å². The van der Waals surface area contributed by atoms with E-state index in [4.69, 9.17) is 14.2 Å². The molecule has 0 unspecified atom stereocenters. The number of carbonyl (C=O) groups is 4. The monoisotopic (exact) mass is 657 g/mol. The molecule has 6 rings (SSSR count). The largest absolute Gasteiger partial charge is 0.455 e. The van der Waals surface area contributed by atoms with E-state index < -0.39 is 59.6 Å². The van der Waals surface area contributed by atoms with Gasteiger partial charge in [-0.3, -0.25) is 19.2 Å². The van der Waals surface area contributed by atoms with Gasteiger partial charge in [0.25, 0.3) is 0 Å². The van der Waals surface area contributed by atoms with Crippen LogP contribution >= 0.6 is 0 Å². The first kappa shape index (κ1) is 33.6. The molecule has 48 heavy (non-hydrogen) atoms. The number of hydrogen-bond acceptors (Lipinski definition) is 8. The van der Waals surface area contributed by atoms with Gasteiger partial charge in [-0.05, 0) is 24.0 Å². The number of ether oxygens (including phenoxy) is 3. The first-order chi connectivity index (χ1) is 23.3. The van der Waals surface area contributed by atoms with Crippen LogP contribution in [-0.4, -0.2) is 95.3 Å². The Bertz CT molecular complexity index is 1540. The van der Waals surface area contributed by atoms with Crippen molar-refractivity contribution in [3.63, 3.8) is 0 Å². The molecule has 0 aromatic heterocycles. The lowest BCUT2D eigenvalue weighted by atomic mass is 9.77. The minimum Gasteiger partial charge on any atom is -0.455 e. The number of hydrogen-bond donors (Lipinski definition) is 2. The highest BCUT2D eigenvalue weighted by Gasteiger charge is 2.72. The standard InChI is InChI=1S/C37H43N3O8/c1-3-26(22-41)40-33-35(44)39(21-24-13-6-4-7-14-24)20-12-19-37(33)31(34(40)43)30-28(48-37)17-10-11-18-29(42)38-27(23-46-2)32(47-36(30)45)25-15-8-5-9-16-25/h4-10,12-17,19,26-28,30-33,41H,3,11,18,20-23H2,1-2H3,(H,38,42)/b17-10-/t26-,27+,28+,30-,31-,32+,33+,37-/m0/s1. The third-order valence-corrected chi connectivity index (χ3v) is 9.87. The van der Waals surface area contributed by atoms with Crippen LogP contribution in [0.15, 0.2) is 85.0 Å². The van der Waals surface area contributed by atoms with Crippen molar-refractivity contribution in [3.05, 3.63) is 96.1 Å². The number of likely N-dealkylation sites (tertiary alicyclic amines) is 1. The molecule has 0 aliphatic carbocycles. The molecule has 8 atom stereocenters. The van der Waals surface area contributed by atoms with Crippen LogP contribution in [0.4, 0.5) is 0 Å². The lowest BCUT2D eigenvalue weighted by molar-refractivity contribution is -0.163. The van der Waals surface area contributed by atoms with Gasteiger partial charge in [0.15, 0.2) is 0 Å². The zero-order chi connectivity index (χ0) is 33.8. The highest BCUT2D eigenvalue weighted by Crippen LogP contribution is 2.54. The molecule has 2 fully saturated rings. The third-order valence-electron chi connectivity index (χ3n) is 9.87. The molecule has 4 aliphatic rings. The summed E-state index contributed by atoms with van der Waals surface area (Å²) in [4.78, 5) is 59.9. The zero-order valence-electron chi connectivity index (χ0n) is 27.3. The van der Waals surface area contributed by atoms with Crippen LogP contribution in [0.25, 0.3) is 0 Å². The molecule has 4 aliphatic heterocycles. The fraction of sp³-hybridized carbons (Fsp3) is 0.459. The number of carbonyl (C=O) groups excluding carboxylic acids is 4. The van der Waals surface area contributed by atoms with Gasteiger partial charge >= 0.3 is 5.97 Å². The molecule has 2 aromatic rings. The van der Waals surface area contributed by atoms with Gasteiger partial charge in [0, 0.05) is 26.6 Å². The quantitative estimate of drug-likeness (QED) is 0.327. The van der Waals surface area contributed by atoms with E-state index in [0.29, 0.717) is 24.9 Å². The number of esters is 1. The third kappa shape index (κ3) is 6.18. The Morgan fingerprint density at radius 3 is 2.44 bits per heavy atom. The van der Waals surface area contributed by atoms with Crippen molar-refractivity contribution in [1.29, 1.82) is 0 Å². The Hall–Kier alpha value is -4.32. The molecule has 4 heterocycles. The van der Waals surface area contributed by atoms with Crippen molar-refractivity contribution >= 4 is 23.7 Å². The molecule has 254 valence electrons. The van der Waals surface area contributed by atoms with Crippen LogP contribution in [0.3, 0.4) is 0 Å². The second-order valence-corrected chi connectivity index (χ2v) is 12.8. The first-order valence-electron chi connectivity index (χ1n) is 16.6. The number of rotatable bonds is 8. The Labute approximate surface area is 280 Å². The number of nitrogens with zero attached hydrogens (tertiary/aromatic N) is 2. The molecule has 0 bridgehead atoms. The highest BCUT2D eigenvalue weighted by atomic mass is 16.6. The summed E-state index contributed by atoms with van der Waals surface area (Å²) < 4.78 is 18.5. The summed E-state index contributed by atoms with van der Waals surface area (Å²) in [6, 6.07) is 16.2. The summed E-state index contributed by atoms with van der Waals surface area (Å²) in [5.41, 5.74) is 0.0804. The topological polar surface area (TPSA) is 135 Å². The van der Waals surface area contributed by atoms with Gasteiger partial charge in [-0.1, -0.05) is 91.9 Å². The summed E-state index contributed by atoms with van der Waals surface area (Å²) in [5.74, 6) is -3.89. The second-order valence-electron chi connectivity index (χ2n) is 12.8. The number of aliphatic hydroxyl groups excluding tert-OH is 1. The number of amides is 3. The van der Waals surface area contributed by atoms with Crippen molar-refractivity contribution < 1.29 is 38.5 Å². The lowest BCUT2D eigenvalue weighted by Gasteiger charge is -2.38. The minimum absolute atomic E-state index is 0.0737. The van der Waals surface area contributed by atoms with E-state index in [2.05, 4.69) is 5.32 Å². The molecular formula is C37H43N3O8. The van der Waals surface area contributed by atoms with Gasteiger partial charge < -0.3 is 34.4 Å². The van der Waals surface area contributed by atoms with Crippen LogP contribution in [0, 0.1) is 11.8 Å². The SMILES string of the molecule is CC[C@@H](CO)N1C(=O)[C@@H]2[C@H]3C(=O)O[C@H](c4ccccc4)[C@@H](COC)NC(=O)CC/C=C\[C@H]3O[C@@]23C=CCN(Cc2ccccc2)C(=O)[C@@H]13. The van der Waals surface area contributed by atoms with E-state index >= 15 is 0 Å². The van der Waals surface area contributed by atoms with E-state index in [9.17, 15) is 24.3 Å². The van der Waals surface area contributed by atoms with Crippen molar-refractivity contribution in [1.82, 2.24) is 15.1 Å². The van der Waals surface area contributed by atoms with Crippen LogP contribution < -0.4 is 5.32 Å². The molecule has 2 aromatic carbocycles. The van der Waals surface area contributed by atoms with Gasteiger partial charge in [0.1, 0.15) is 23.7 Å². The van der Waals surface area contributed by atoms with E-state index in [-0.39, 0.29) is 38.0 Å². The Morgan fingerprint density at radius 2 is 1.75 bits per heavy atom. The van der Waals surface area contributed by atoms with Crippen LogP contribution in [0.2, 0.25) is 0 Å². The summed E-state index contributed by atoms with van der Waals surface area (Å²) in [6.45, 7) is 2.15. The Kier molecular flexibility index (Phi) is 10.1. The summed E-state index contributed by atoms with van der Waals surface area (Å²) in [7, 11) is 1.51. The van der Waals surface area contributed by atoms with Crippen LogP contribution in [0.5, 0.6) is 0 Å². The fourth-order valence-corrected chi connectivity index (χ4v) is 7.63. The van der Waals surface area contributed by atoms with Gasteiger partial charge in [0.05, 0.1) is 37.3 Å². The van der Waals surface area contributed by atoms with Crippen molar-refractivity contribution in [2.24, 2.45) is 11.8 Å². The predicted octanol–water partition coefficient (Wildman–Crippen LogP) is 2.70. The summed E-state index contributed by atoms with van der Waals surface area (Å²) in [6.07, 6.45) is 6.17. The molecule has 11 heteroatoms. The van der Waals surface area contributed by atoms with Crippen molar-refractivity contribution in [3.8, 4) is 0 Å². The summed E-state index contributed by atoms with van der Waals surface area (Å²) in [5, 5.41) is 13.4. The molecule has 2 saturated heterocycles. The number of nitrogens with one attached hydrogen (secondary N) is 1. The van der Waals surface area contributed by atoms with Crippen LogP contribution in [0.1, 0.15) is 43.4 Å².